The Bertz CT molecular complexity index is 1590. The Kier molecular flexibility index (Phi) is 6.80. The summed E-state index contributed by atoms with van der Waals surface area (Å²) >= 11 is 0. The third-order valence-corrected chi connectivity index (χ3v) is 8.81. The van der Waals surface area contributed by atoms with Crippen LogP contribution in [0.3, 0.4) is 0 Å². The number of hydrogen-bond donors (Lipinski definition) is 3. The maximum absolute atomic E-state index is 13.8. The van der Waals surface area contributed by atoms with Gasteiger partial charge in [0.15, 0.2) is 0 Å². The van der Waals surface area contributed by atoms with E-state index in [1.165, 1.54) is 0 Å². The van der Waals surface area contributed by atoms with Crippen LogP contribution in [-0.2, 0) is 39.2 Å². The van der Waals surface area contributed by atoms with Crippen molar-refractivity contribution in [2.45, 2.75) is 44.6 Å². The minimum Gasteiger partial charge on any atom is -0.329 e. The van der Waals surface area contributed by atoms with E-state index >= 15 is 0 Å². The van der Waals surface area contributed by atoms with Crippen LogP contribution in [0.2, 0.25) is 0 Å². The van der Waals surface area contributed by atoms with Crippen LogP contribution >= 0.6 is 0 Å². The smallest absolute Gasteiger partial charge is 0.244 e. The van der Waals surface area contributed by atoms with E-state index in [1.54, 1.807) is 23.2 Å². The highest BCUT2D eigenvalue weighted by atomic mass is 16.2. The van der Waals surface area contributed by atoms with Crippen molar-refractivity contribution >= 4 is 29.2 Å². The number of piperidine rings is 1. The number of nitrogens with zero attached hydrogens (tertiary/aromatic N) is 3. The molecular weight excluding hydrogens is 516 g/mol. The molecule has 1 unspecified atom stereocenters. The molecular formula is C32H32N6O3. The SMILES string of the molecule is CC1(C(=O)N(CC(=O)Nc2ccc3c(c2)CC2(C3)C(=O)Nc3ncccc32)Cc2ccccc2C#N)CCNCC1. The maximum Gasteiger partial charge on any atom is 0.244 e. The van der Waals surface area contributed by atoms with Gasteiger partial charge in [-0.1, -0.05) is 37.3 Å². The minimum absolute atomic E-state index is 0.0498. The van der Waals surface area contributed by atoms with Gasteiger partial charge in [-0.3, -0.25) is 14.4 Å². The Morgan fingerprint density at radius 3 is 2.66 bits per heavy atom. The molecule has 2 aliphatic heterocycles. The van der Waals surface area contributed by atoms with Gasteiger partial charge in [0, 0.05) is 29.4 Å². The fourth-order valence-electron chi connectivity index (χ4n) is 6.47. The van der Waals surface area contributed by atoms with E-state index in [4.69, 9.17) is 0 Å². The van der Waals surface area contributed by atoms with Crippen LogP contribution in [0.5, 0.6) is 0 Å². The van der Waals surface area contributed by atoms with Gasteiger partial charge in [-0.25, -0.2) is 4.98 Å². The molecule has 9 nitrogen and oxygen atoms in total. The number of rotatable bonds is 6. The van der Waals surface area contributed by atoms with E-state index in [2.05, 4.69) is 27.0 Å². The second-order valence-corrected chi connectivity index (χ2v) is 11.6. The first-order valence-corrected chi connectivity index (χ1v) is 14.0. The molecule has 3 heterocycles. The first kappa shape index (κ1) is 26.7. The van der Waals surface area contributed by atoms with E-state index < -0.39 is 10.8 Å². The molecule has 208 valence electrons. The summed E-state index contributed by atoms with van der Waals surface area (Å²) in [5.41, 5.74) is 3.53. The summed E-state index contributed by atoms with van der Waals surface area (Å²) in [4.78, 5) is 46.1. The van der Waals surface area contributed by atoms with Gasteiger partial charge in [-0.15, -0.1) is 0 Å². The summed E-state index contributed by atoms with van der Waals surface area (Å²) in [6.45, 7) is 3.48. The summed E-state index contributed by atoms with van der Waals surface area (Å²) in [6, 6.07) is 18.9. The van der Waals surface area contributed by atoms with Gasteiger partial charge in [0.1, 0.15) is 12.4 Å². The zero-order valence-electron chi connectivity index (χ0n) is 23.0. The van der Waals surface area contributed by atoms with Gasteiger partial charge in [-0.2, -0.15) is 5.26 Å². The lowest BCUT2D eigenvalue weighted by Crippen LogP contribution is -2.49. The molecule has 2 aromatic carbocycles. The number of benzene rings is 2. The molecule has 6 rings (SSSR count). The van der Waals surface area contributed by atoms with Gasteiger partial charge in [0.2, 0.25) is 17.7 Å². The lowest BCUT2D eigenvalue weighted by atomic mass is 9.79. The van der Waals surface area contributed by atoms with Crippen LogP contribution in [0.15, 0.2) is 60.8 Å². The van der Waals surface area contributed by atoms with Crippen LogP contribution in [-0.4, -0.2) is 47.2 Å². The van der Waals surface area contributed by atoms with Gasteiger partial charge in [0.25, 0.3) is 0 Å². The van der Waals surface area contributed by atoms with Crippen molar-refractivity contribution in [1.82, 2.24) is 15.2 Å². The van der Waals surface area contributed by atoms with E-state index in [0.29, 0.717) is 48.3 Å². The predicted octanol–water partition coefficient (Wildman–Crippen LogP) is 3.30. The van der Waals surface area contributed by atoms with Gasteiger partial charge >= 0.3 is 0 Å². The van der Waals surface area contributed by atoms with Crippen LogP contribution in [0.25, 0.3) is 0 Å². The zero-order valence-corrected chi connectivity index (χ0v) is 23.0. The molecule has 1 fully saturated rings. The van der Waals surface area contributed by atoms with E-state index in [1.807, 2.05) is 49.4 Å². The fraction of sp³-hybridized carbons (Fsp3) is 0.344. The molecule has 3 N–H and O–H groups in total. The topological polar surface area (TPSA) is 127 Å². The molecule has 41 heavy (non-hydrogen) atoms. The number of aromatic nitrogens is 1. The summed E-state index contributed by atoms with van der Waals surface area (Å²) in [5, 5.41) is 18.8. The molecule has 3 amide bonds. The molecule has 0 saturated carbocycles. The number of anilines is 2. The molecule has 1 atom stereocenters. The van der Waals surface area contributed by atoms with Crippen molar-refractivity contribution in [1.29, 1.82) is 5.26 Å². The van der Waals surface area contributed by atoms with Crippen molar-refractivity contribution in [2.24, 2.45) is 5.41 Å². The van der Waals surface area contributed by atoms with E-state index in [0.717, 1.165) is 29.8 Å². The molecule has 0 radical (unpaired) electrons. The van der Waals surface area contributed by atoms with Crippen molar-refractivity contribution < 1.29 is 14.4 Å². The number of amides is 3. The zero-order chi connectivity index (χ0) is 28.6. The number of carbonyl (C=O) groups is 3. The van der Waals surface area contributed by atoms with Crippen LogP contribution in [0, 0.1) is 16.7 Å². The molecule has 0 bridgehead atoms. The normalized spacial score (nSPS) is 20.0. The van der Waals surface area contributed by atoms with Gasteiger partial charge in [0.05, 0.1) is 17.0 Å². The number of nitriles is 1. The number of fused-ring (bicyclic) bond motifs is 3. The lowest BCUT2D eigenvalue weighted by Gasteiger charge is -2.37. The van der Waals surface area contributed by atoms with Crippen molar-refractivity contribution in [2.75, 3.05) is 30.3 Å². The second kappa shape index (κ2) is 10.5. The Labute approximate surface area is 239 Å². The summed E-state index contributed by atoms with van der Waals surface area (Å²) < 4.78 is 0. The quantitative estimate of drug-likeness (QED) is 0.434. The summed E-state index contributed by atoms with van der Waals surface area (Å²) in [6.07, 6.45) is 4.14. The Hall–Kier alpha value is -4.55. The van der Waals surface area contributed by atoms with Crippen LogP contribution in [0.4, 0.5) is 11.5 Å². The Morgan fingerprint density at radius 2 is 1.85 bits per heavy atom. The predicted molar refractivity (Wildman–Crippen MR) is 154 cm³/mol. The Morgan fingerprint density at radius 1 is 1.07 bits per heavy atom. The Balaban J connectivity index is 1.21. The number of hydrogen-bond acceptors (Lipinski definition) is 6. The molecule has 9 heteroatoms. The average molecular weight is 549 g/mol. The third-order valence-electron chi connectivity index (χ3n) is 8.81. The summed E-state index contributed by atoms with van der Waals surface area (Å²) in [7, 11) is 0. The first-order chi connectivity index (χ1) is 19.8. The van der Waals surface area contributed by atoms with Crippen molar-refractivity contribution in [3.8, 4) is 6.07 Å². The number of carbonyl (C=O) groups excluding carboxylic acids is 3. The molecule has 1 aliphatic carbocycles. The fourth-order valence-corrected chi connectivity index (χ4v) is 6.47. The highest BCUT2D eigenvalue weighted by Crippen LogP contribution is 2.47. The van der Waals surface area contributed by atoms with Crippen molar-refractivity contribution in [3.05, 3.63) is 88.6 Å². The highest BCUT2D eigenvalue weighted by molar-refractivity contribution is 6.06. The van der Waals surface area contributed by atoms with Crippen LogP contribution < -0.4 is 16.0 Å². The standard InChI is InChI=1S/C32H32N6O3/c1-31(10-13-34-14-11-31)30(41)38(19-23-6-3-2-5-22(23)18-33)20-27(39)36-25-9-8-21-16-32(17-24(21)15-25)26-7-4-12-35-28(26)37-29(32)40/h2-9,12,15,34H,10-11,13-14,16-17,19-20H2,1H3,(H,36,39)(H,35,37,40). The molecule has 1 saturated heterocycles. The van der Waals surface area contributed by atoms with Crippen molar-refractivity contribution in [3.63, 3.8) is 0 Å². The van der Waals surface area contributed by atoms with Crippen LogP contribution in [0.1, 0.15) is 47.6 Å². The number of pyridine rings is 1. The number of nitrogens with one attached hydrogen (secondary N) is 3. The summed E-state index contributed by atoms with van der Waals surface area (Å²) in [5.74, 6) is 0.165. The molecule has 3 aliphatic rings. The largest absolute Gasteiger partial charge is 0.329 e. The third kappa shape index (κ3) is 4.85. The minimum atomic E-state index is -0.684. The molecule has 1 aromatic heterocycles. The monoisotopic (exact) mass is 548 g/mol. The molecule has 1 spiro atoms. The first-order valence-electron chi connectivity index (χ1n) is 14.0. The molecule has 3 aromatic rings. The average Bonchev–Trinajstić information content (AvgIpc) is 3.49. The van der Waals surface area contributed by atoms with Gasteiger partial charge in [-0.05, 0) is 79.7 Å². The second-order valence-electron chi connectivity index (χ2n) is 11.6. The van der Waals surface area contributed by atoms with E-state index in [-0.39, 0.29) is 30.8 Å². The van der Waals surface area contributed by atoms with Gasteiger partial charge < -0.3 is 20.9 Å². The highest BCUT2D eigenvalue weighted by Gasteiger charge is 2.51. The lowest BCUT2D eigenvalue weighted by molar-refractivity contribution is -0.145. The van der Waals surface area contributed by atoms with E-state index in [9.17, 15) is 19.6 Å². The maximum atomic E-state index is 13.8.